The lowest BCUT2D eigenvalue weighted by Gasteiger charge is -2.21. The van der Waals surface area contributed by atoms with Gasteiger partial charge in [-0.05, 0) is 43.7 Å². The molecule has 2 unspecified atom stereocenters. The molecule has 5 rings (SSSR count). The van der Waals surface area contributed by atoms with Gasteiger partial charge in [-0.15, -0.1) is 5.10 Å². The predicted molar refractivity (Wildman–Crippen MR) is 150 cm³/mol. The van der Waals surface area contributed by atoms with Crippen LogP contribution in [0.15, 0.2) is 84.9 Å². The monoisotopic (exact) mass is 511 g/mol. The second kappa shape index (κ2) is 11.3. The summed E-state index contributed by atoms with van der Waals surface area (Å²) < 4.78 is 13.1. The lowest BCUT2D eigenvalue weighted by Crippen LogP contribution is -2.42. The van der Waals surface area contributed by atoms with Crippen LogP contribution in [-0.4, -0.2) is 48.7 Å². The van der Waals surface area contributed by atoms with Crippen molar-refractivity contribution in [2.75, 3.05) is 37.0 Å². The van der Waals surface area contributed by atoms with Gasteiger partial charge in [0.05, 0.1) is 36.7 Å². The van der Waals surface area contributed by atoms with E-state index in [9.17, 15) is 4.79 Å². The quantitative estimate of drug-likeness (QED) is 0.332. The summed E-state index contributed by atoms with van der Waals surface area (Å²) in [7, 11) is 1.68. The molecule has 38 heavy (non-hydrogen) atoms. The average molecular weight is 512 g/mol. The van der Waals surface area contributed by atoms with E-state index in [4.69, 9.17) is 9.47 Å². The van der Waals surface area contributed by atoms with E-state index in [1.807, 2.05) is 80.6 Å². The normalized spacial score (nSPS) is 16.8. The standard InChI is InChI=1S/C30H33N5O3/c1-4-38-29-21(2)28(35(33-29)23-15-9-6-10-16-23)32-30(36)31-25-20-34(26-17-11-12-18-27(26)37-3)19-24(25)22-13-7-5-8-14-22/h5-18,24-25H,4,19-20H2,1-3H3,(H2,31,32,36). The van der Waals surface area contributed by atoms with Crippen LogP contribution in [0.2, 0.25) is 0 Å². The van der Waals surface area contributed by atoms with Crippen LogP contribution in [-0.2, 0) is 0 Å². The van der Waals surface area contributed by atoms with Gasteiger partial charge in [-0.25, -0.2) is 9.48 Å². The third-order valence-electron chi connectivity index (χ3n) is 6.88. The number of amides is 2. The van der Waals surface area contributed by atoms with Crippen LogP contribution in [0, 0.1) is 6.92 Å². The first-order valence-corrected chi connectivity index (χ1v) is 12.9. The molecule has 1 aliphatic heterocycles. The van der Waals surface area contributed by atoms with E-state index in [0.29, 0.717) is 24.8 Å². The third-order valence-corrected chi connectivity index (χ3v) is 6.88. The van der Waals surface area contributed by atoms with Crippen molar-refractivity contribution in [3.05, 3.63) is 96.1 Å². The van der Waals surface area contributed by atoms with Gasteiger partial charge in [-0.3, -0.25) is 5.32 Å². The molecule has 8 nitrogen and oxygen atoms in total. The number of nitrogens with one attached hydrogen (secondary N) is 2. The van der Waals surface area contributed by atoms with E-state index in [1.54, 1.807) is 11.8 Å². The minimum absolute atomic E-state index is 0.103. The van der Waals surface area contributed by atoms with Crippen molar-refractivity contribution in [2.24, 2.45) is 0 Å². The number of hydrogen-bond acceptors (Lipinski definition) is 5. The molecule has 0 aliphatic carbocycles. The average Bonchev–Trinajstić information content (AvgIpc) is 3.51. The Balaban J connectivity index is 1.41. The highest BCUT2D eigenvalue weighted by Gasteiger charge is 2.36. The fourth-order valence-corrected chi connectivity index (χ4v) is 5.04. The van der Waals surface area contributed by atoms with Crippen molar-refractivity contribution in [3.63, 3.8) is 0 Å². The Morgan fingerprint density at radius 1 is 0.974 bits per heavy atom. The smallest absolute Gasteiger partial charge is 0.320 e. The van der Waals surface area contributed by atoms with Gasteiger partial charge in [-0.2, -0.15) is 0 Å². The second-order valence-corrected chi connectivity index (χ2v) is 9.26. The summed E-state index contributed by atoms with van der Waals surface area (Å²) in [6.07, 6.45) is 0. The maximum atomic E-state index is 13.5. The van der Waals surface area contributed by atoms with Gasteiger partial charge < -0.3 is 19.7 Å². The molecule has 3 aromatic carbocycles. The Bertz CT molecular complexity index is 1370. The summed E-state index contributed by atoms with van der Waals surface area (Å²) in [6.45, 7) is 5.70. The number of nitrogens with zero attached hydrogens (tertiary/aromatic N) is 3. The number of ether oxygens (including phenoxy) is 2. The van der Waals surface area contributed by atoms with E-state index in [0.717, 1.165) is 29.2 Å². The molecule has 0 spiro atoms. The molecule has 1 saturated heterocycles. The molecule has 2 atom stereocenters. The molecule has 1 aromatic heterocycles. The number of urea groups is 1. The van der Waals surface area contributed by atoms with Gasteiger partial charge >= 0.3 is 6.03 Å². The molecule has 0 bridgehead atoms. The number of rotatable bonds is 8. The van der Waals surface area contributed by atoms with Crippen LogP contribution in [0.4, 0.5) is 16.3 Å². The zero-order chi connectivity index (χ0) is 26.5. The zero-order valence-corrected chi connectivity index (χ0v) is 21.9. The van der Waals surface area contributed by atoms with Crippen LogP contribution < -0.4 is 25.0 Å². The van der Waals surface area contributed by atoms with Gasteiger partial charge in [0.25, 0.3) is 0 Å². The first-order chi connectivity index (χ1) is 18.6. The van der Waals surface area contributed by atoms with Crippen molar-refractivity contribution < 1.29 is 14.3 Å². The third kappa shape index (κ3) is 5.16. The maximum absolute atomic E-state index is 13.5. The van der Waals surface area contributed by atoms with Crippen molar-refractivity contribution in [3.8, 4) is 17.3 Å². The van der Waals surface area contributed by atoms with Gasteiger partial charge in [0.1, 0.15) is 11.6 Å². The van der Waals surface area contributed by atoms with Crippen LogP contribution in [0.3, 0.4) is 0 Å². The lowest BCUT2D eigenvalue weighted by molar-refractivity contribution is 0.248. The second-order valence-electron chi connectivity index (χ2n) is 9.26. The maximum Gasteiger partial charge on any atom is 0.320 e. The number of carbonyl (C=O) groups is 1. The first-order valence-electron chi connectivity index (χ1n) is 12.9. The highest BCUT2D eigenvalue weighted by Crippen LogP contribution is 2.36. The number of benzene rings is 3. The van der Waals surface area contributed by atoms with E-state index < -0.39 is 0 Å². The van der Waals surface area contributed by atoms with E-state index in [-0.39, 0.29) is 18.0 Å². The fourth-order valence-electron chi connectivity index (χ4n) is 5.04. The molecular formula is C30H33N5O3. The summed E-state index contributed by atoms with van der Waals surface area (Å²) >= 11 is 0. The number of methoxy groups -OCH3 is 1. The fraction of sp³-hybridized carbons (Fsp3) is 0.267. The van der Waals surface area contributed by atoms with Gasteiger partial charge in [0.15, 0.2) is 0 Å². The Labute approximate surface area is 223 Å². The topological polar surface area (TPSA) is 80.6 Å². The zero-order valence-electron chi connectivity index (χ0n) is 21.9. The van der Waals surface area contributed by atoms with E-state index in [1.165, 1.54) is 5.56 Å². The SMILES string of the molecule is CCOc1nn(-c2ccccc2)c(NC(=O)NC2CN(c3ccccc3OC)CC2c2ccccc2)c1C. The van der Waals surface area contributed by atoms with Crippen molar-refractivity contribution >= 4 is 17.5 Å². The molecule has 4 aromatic rings. The number of aromatic nitrogens is 2. The molecule has 196 valence electrons. The summed E-state index contributed by atoms with van der Waals surface area (Å²) in [5, 5.41) is 10.9. The predicted octanol–water partition coefficient (Wildman–Crippen LogP) is 5.38. The number of anilines is 2. The lowest BCUT2D eigenvalue weighted by atomic mass is 9.94. The van der Waals surface area contributed by atoms with E-state index in [2.05, 4.69) is 38.8 Å². The van der Waals surface area contributed by atoms with Gasteiger partial charge in [-0.1, -0.05) is 60.7 Å². The summed E-state index contributed by atoms with van der Waals surface area (Å²) in [5.41, 5.74) is 3.80. The van der Waals surface area contributed by atoms with Crippen molar-refractivity contribution in [1.29, 1.82) is 0 Å². The molecule has 0 saturated carbocycles. The largest absolute Gasteiger partial charge is 0.495 e. The molecule has 2 amide bonds. The Hall–Kier alpha value is -4.46. The van der Waals surface area contributed by atoms with Crippen LogP contribution in [0.5, 0.6) is 11.6 Å². The van der Waals surface area contributed by atoms with Crippen LogP contribution >= 0.6 is 0 Å². The summed E-state index contributed by atoms with van der Waals surface area (Å²) in [5.74, 6) is 1.99. The minimum Gasteiger partial charge on any atom is -0.495 e. The molecule has 1 aliphatic rings. The summed E-state index contributed by atoms with van der Waals surface area (Å²) in [6, 6.07) is 27.6. The molecule has 2 N–H and O–H groups in total. The Morgan fingerprint density at radius 2 is 1.66 bits per heavy atom. The molecular weight excluding hydrogens is 478 g/mol. The number of carbonyl (C=O) groups excluding carboxylic acids is 1. The molecule has 2 heterocycles. The highest BCUT2D eigenvalue weighted by atomic mass is 16.5. The van der Waals surface area contributed by atoms with Crippen LogP contribution in [0.1, 0.15) is 24.0 Å². The van der Waals surface area contributed by atoms with Crippen molar-refractivity contribution in [1.82, 2.24) is 15.1 Å². The highest BCUT2D eigenvalue weighted by molar-refractivity contribution is 5.90. The number of hydrogen-bond donors (Lipinski definition) is 2. The molecule has 0 radical (unpaired) electrons. The summed E-state index contributed by atoms with van der Waals surface area (Å²) in [4.78, 5) is 15.7. The first kappa shape index (κ1) is 25.2. The number of para-hydroxylation sites is 3. The Kier molecular flexibility index (Phi) is 7.49. The molecule has 1 fully saturated rings. The van der Waals surface area contributed by atoms with E-state index >= 15 is 0 Å². The minimum atomic E-state index is -0.291. The molecule has 8 heteroatoms. The Morgan fingerprint density at radius 3 is 2.37 bits per heavy atom. The van der Waals surface area contributed by atoms with Crippen LogP contribution in [0.25, 0.3) is 5.69 Å². The van der Waals surface area contributed by atoms with Crippen molar-refractivity contribution in [2.45, 2.75) is 25.8 Å². The van der Waals surface area contributed by atoms with Gasteiger partial charge in [0.2, 0.25) is 5.88 Å². The van der Waals surface area contributed by atoms with Gasteiger partial charge in [0, 0.05) is 19.0 Å².